The molecule has 2 aliphatic rings. The van der Waals surface area contributed by atoms with E-state index in [-0.39, 0.29) is 30.2 Å². The predicted molar refractivity (Wildman–Crippen MR) is 153 cm³/mol. The summed E-state index contributed by atoms with van der Waals surface area (Å²) in [6.07, 6.45) is 2.36. The second-order valence-electron chi connectivity index (χ2n) is 10.8. The molecule has 0 bridgehead atoms. The Morgan fingerprint density at radius 2 is 2.00 bits per heavy atom. The smallest absolute Gasteiger partial charge is 0.272 e. The summed E-state index contributed by atoms with van der Waals surface area (Å²) in [5.41, 5.74) is 3.68. The van der Waals surface area contributed by atoms with Crippen LogP contribution in [0.3, 0.4) is 0 Å². The van der Waals surface area contributed by atoms with Crippen LogP contribution < -0.4 is 5.32 Å². The normalized spacial score (nSPS) is 19.6. The molecule has 4 aromatic heterocycles. The van der Waals surface area contributed by atoms with Crippen LogP contribution in [-0.4, -0.2) is 66.2 Å². The number of hydrogen-bond donors (Lipinski definition) is 1. The first-order valence-electron chi connectivity index (χ1n) is 13.8. The molecule has 0 spiro atoms. The van der Waals surface area contributed by atoms with Crippen LogP contribution in [0.1, 0.15) is 47.2 Å². The van der Waals surface area contributed by atoms with Gasteiger partial charge in [-0.1, -0.05) is 0 Å². The van der Waals surface area contributed by atoms with Gasteiger partial charge in [-0.3, -0.25) is 14.6 Å². The highest BCUT2D eigenvalue weighted by Gasteiger charge is 2.43. The Bertz CT molecular complexity index is 1760. The highest BCUT2D eigenvalue weighted by molar-refractivity contribution is 7.08. The maximum Gasteiger partial charge on any atom is 0.272 e. The Kier molecular flexibility index (Phi) is 6.73. The number of pyridine rings is 1. The number of halogens is 1. The number of tetrazole rings is 1. The highest BCUT2D eigenvalue weighted by atomic mass is 32.1. The minimum atomic E-state index is -1.06. The third-order valence-electron chi connectivity index (χ3n) is 7.87. The van der Waals surface area contributed by atoms with E-state index >= 15 is 0 Å². The number of oxazole rings is 1. The maximum atomic E-state index is 13.5. The van der Waals surface area contributed by atoms with E-state index in [1.165, 1.54) is 0 Å². The number of thiophene rings is 1. The number of carbonyl (C=O) groups is 2. The van der Waals surface area contributed by atoms with Crippen LogP contribution in [0.4, 0.5) is 10.1 Å². The number of piperidine rings is 1. The Labute approximate surface area is 243 Å². The standard InChI is InChI=1S/C29H27FN8O3S/c1-16-34-36-38(35-16)26(19-7-11-42-15-19)17-5-9-37(10-6-17)29(40)24-12-18(4-8-31-24)28-33-23-13-20(2-3-25(23)41-28)32-27(39)21-14-22(21)30/h2-4,7-8,11-13,15,17,21-22,26H,5-6,9-10,14H2,1H3,(H,32,39)/t21-,22+,26-/m1/s1. The summed E-state index contributed by atoms with van der Waals surface area (Å²) < 4.78 is 19.2. The molecule has 7 rings (SSSR count). The summed E-state index contributed by atoms with van der Waals surface area (Å²) in [7, 11) is 0. The Balaban J connectivity index is 1.04. The second-order valence-corrected chi connectivity index (χ2v) is 11.5. The number of aromatic nitrogens is 6. The van der Waals surface area contributed by atoms with Gasteiger partial charge in [0, 0.05) is 30.5 Å². The molecule has 1 saturated carbocycles. The summed E-state index contributed by atoms with van der Waals surface area (Å²) in [4.78, 5) is 38.0. The molecular weight excluding hydrogens is 559 g/mol. The molecule has 3 atom stereocenters. The fraction of sp³-hybridized carbons (Fsp3) is 0.345. The number of alkyl halides is 1. The van der Waals surface area contributed by atoms with Crippen LogP contribution in [0.5, 0.6) is 0 Å². The van der Waals surface area contributed by atoms with Crippen LogP contribution in [0, 0.1) is 18.8 Å². The number of hydrogen-bond acceptors (Lipinski definition) is 9. The molecule has 0 radical (unpaired) electrons. The van der Waals surface area contributed by atoms with Crippen LogP contribution in [0.2, 0.25) is 0 Å². The average molecular weight is 587 g/mol. The molecular formula is C29H27FN8O3S. The molecule has 0 unspecified atom stereocenters. The molecule has 2 fully saturated rings. The van der Waals surface area contributed by atoms with Crippen molar-refractivity contribution < 1.29 is 18.4 Å². The summed E-state index contributed by atoms with van der Waals surface area (Å²) in [5.74, 6) is 0.162. The average Bonchev–Trinajstić information content (AvgIpc) is 3.41. The zero-order chi connectivity index (χ0) is 28.8. The minimum Gasteiger partial charge on any atom is -0.436 e. The fourth-order valence-corrected chi connectivity index (χ4v) is 6.20. The number of likely N-dealkylation sites (tertiary alicyclic amines) is 1. The van der Waals surface area contributed by atoms with Crippen molar-refractivity contribution in [2.24, 2.45) is 11.8 Å². The van der Waals surface area contributed by atoms with E-state index in [1.54, 1.807) is 52.7 Å². The van der Waals surface area contributed by atoms with Gasteiger partial charge in [0.05, 0.1) is 5.92 Å². The van der Waals surface area contributed by atoms with Crippen molar-refractivity contribution in [3.63, 3.8) is 0 Å². The monoisotopic (exact) mass is 586 g/mol. The van der Waals surface area contributed by atoms with E-state index in [9.17, 15) is 14.0 Å². The number of fused-ring (bicyclic) bond motifs is 1. The van der Waals surface area contributed by atoms with E-state index in [1.807, 2.05) is 17.2 Å². The largest absolute Gasteiger partial charge is 0.436 e. The van der Waals surface area contributed by atoms with E-state index in [0.29, 0.717) is 52.8 Å². The third kappa shape index (κ3) is 5.15. The van der Waals surface area contributed by atoms with Gasteiger partial charge in [-0.25, -0.2) is 9.37 Å². The van der Waals surface area contributed by atoms with Gasteiger partial charge in [-0.2, -0.15) is 16.1 Å². The third-order valence-corrected chi connectivity index (χ3v) is 8.57. The van der Waals surface area contributed by atoms with Crippen LogP contribution in [0.15, 0.2) is 57.8 Å². The van der Waals surface area contributed by atoms with E-state index in [4.69, 9.17) is 4.42 Å². The zero-order valence-electron chi connectivity index (χ0n) is 22.7. The lowest BCUT2D eigenvalue weighted by molar-refractivity contribution is -0.117. The van der Waals surface area contributed by atoms with Gasteiger partial charge >= 0.3 is 0 Å². The van der Waals surface area contributed by atoms with Gasteiger partial charge in [0.2, 0.25) is 11.8 Å². The molecule has 2 amide bonds. The molecule has 1 aromatic carbocycles. The molecule has 214 valence electrons. The number of benzene rings is 1. The lowest BCUT2D eigenvalue weighted by atomic mass is 9.86. The lowest BCUT2D eigenvalue weighted by Gasteiger charge is -2.35. The molecule has 1 aliphatic heterocycles. The summed E-state index contributed by atoms with van der Waals surface area (Å²) in [6.45, 7) is 3.00. The van der Waals surface area contributed by atoms with E-state index in [0.717, 1.165) is 18.4 Å². The first-order chi connectivity index (χ1) is 20.4. The first kappa shape index (κ1) is 26.4. The van der Waals surface area contributed by atoms with Crippen molar-refractivity contribution in [1.29, 1.82) is 0 Å². The van der Waals surface area contributed by atoms with Gasteiger partial charge in [-0.05, 0) is 90.0 Å². The minimum absolute atomic E-state index is 0.0292. The van der Waals surface area contributed by atoms with Gasteiger partial charge in [0.15, 0.2) is 11.4 Å². The number of aryl methyl sites for hydroxylation is 1. The van der Waals surface area contributed by atoms with Gasteiger partial charge in [0.25, 0.3) is 5.91 Å². The second kappa shape index (κ2) is 10.7. The van der Waals surface area contributed by atoms with E-state index < -0.39 is 12.1 Å². The van der Waals surface area contributed by atoms with Gasteiger partial charge in [0.1, 0.15) is 23.4 Å². The maximum absolute atomic E-state index is 13.5. The number of amides is 2. The molecule has 1 saturated heterocycles. The van der Waals surface area contributed by atoms with Crippen LogP contribution in [-0.2, 0) is 4.79 Å². The topological polar surface area (TPSA) is 132 Å². The van der Waals surface area contributed by atoms with Crippen molar-refractivity contribution in [3.8, 4) is 11.5 Å². The zero-order valence-corrected chi connectivity index (χ0v) is 23.5. The fourth-order valence-electron chi connectivity index (χ4n) is 5.51. The molecule has 13 heteroatoms. The lowest BCUT2D eigenvalue weighted by Crippen LogP contribution is -2.41. The van der Waals surface area contributed by atoms with Gasteiger partial charge in [-0.15, -0.1) is 10.2 Å². The number of nitrogens with zero attached hydrogens (tertiary/aromatic N) is 7. The molecule has 42 heavy (non-hydrogen) atoms. The molecule has 5 aromatic rings. The van der Waals surface area contributed by atoms with Crippen LogP contribution >= 0.6 is 11.3 Å². The summed E-state index contributed by atoms with van der Waals surface area (Å²) >= 11 is 1.64. The highest BCUT2D eigenvalue weighted by Crippen LogP contribution is 2.36. The SMILES string of the molecule is Cc1nnn([C@@H](c2ccsc2)C2CCN(C(=O)c3cc(-c4nc5cc(NC(=O)[C@@H]6C[C@@H]6F)ccc5o4)ccn3)CC2)n1. The van der Waals surface area contributed by atoms with Crippen molar-refractivity contribution in [2.45, 2.75) is 38.4 Å². The number of anilines is 1. The Morgan fingerprint density at radius 1 is 1.17 bits per heavy atom. The molecule has 5 heterocycles. The van der Waals surface area contributed by atoms with Crippen molar-refractivity contribution >= 4 is 39.9 Å². The Hall–Kier alpha value is -4.52. The quantitative estimate of drug-likeness (QED) is 0.291. The number of rotatable bonds is 7. The molecule has 1 N–H and O–H groups in total. The van der Waals surface area contributed by atoms with Crippen LogP contribution in [0.25, 0.3) is 22.6 Å². The number of carbonyl (C=O) groups excluding carboxylic acids is 2. The van der Waals surface area contributed by atoms with E-state index in [2.05, 4.69) is 42.1 Å². The Morgan fingerprint density at radius 3 is 2.71 bits per heavy atom. The summed E-state index contributed by atoms with van der Waals surface area (Å²) in [5, 5.41) is 19.7. The first-order valence-corrected chi connectivity index (χ1v) is 14.8. The van der Waals surface area contributed by atoms with Crippen molar-refractivity contribution in [3.05, 3.63) is 70.4 Å². The van der Waals surface area contributed by atoms with Crippen molar-refractivity contribution in [1.82, 2.24) is 35.1 Å². The summed E-state index contributed by atoms with van der Waals surface area (Å²) in [6, 6.07) is 10.6. The number of nitrogens with one attached hydrogen (secondary N) is 1. The van der Waals surface area contributed by atoms with Crippen molar-refractivity contribution in [2.75, 3.05) is 18.4 Å². The van der Waals surface area contributed by atoms with Gasteiger partial charge < -0.3 is 14.6 Å². The predicted octanol–water partition coefficient (Wildman–Crippen LogP) is 4.68. The molecule has 11 nitrogen and oxygen atoms in total. The molecule has 1 aliphatic carbocycles.